The van der Waals surface area contributed by atoms with Crippen LogP contribution in [0.1, 0.15) is 11.5 Å². The first-order valence-corrected chi connectivity index (χ1v) is 11.7. The highest BCUT2D eigenvalue weighted by Gasteiger charge is 2.32. The minimum Gasteiger partial charge on any atom is -0.465 e. The predicted octanol–water partition coefficient (Wildman–Crippen LogP) is 4.63. The predicted molar refractivity (Wildman–Crippen MR) is 125 cm³/mol. The van der Waals surface area contributed by atoms with Gasteiger partial charge in [-0.1, -0.05) is 11.8 Å². The van der Waals surface area contributed by atoms with Crippen molar-refractivity contribution in [1.82, 2.24) is 9.38 Å². The summed E-state index contributed by atoms with van der Waals surface area (Å²) in [7, 11) is 0. The van der Waals surface area contributed by atoms with Crippen LogP contribution >= 0.6 is 23.1 Å². The number of furan rings is 1. The van der Waals surface area contributed by atoms with Crippen LogP contribution in [0.4, 0.5) is 14.5 Å². The molecule has 1 aliphatic heterocycles. The first kappa shape index (κ1) is 22.0. The number of thioether (sulfide) groups is 1. The molecule has 0 saturated carbocycles. The van der Waals surface area contributed by atoms with E-state index in [1.54, 1.807) is 23.7 Å². The molecule has 0 radical (unpaired) electrons. The fourth-order valence-corrected chi connectivity index (χ4v) is 4.85. The summed E-state index contributed by atoms with van der Waals surface area (Å²) in [6.07, 6.45) is 4.65. The zero-order valence-electron chi connectivity index (χ0n) is 17.1. The smallest absolute Gasteiger partial charge is 0.387 e. The molecular weight excluding hydrogens is 486 g/mol. The quantitative estimate of drug-likeness (QED) is 0.359. The van der Waals surface area contributed by atoms with E-state index in [1.165, 1.54) is 75.1 Å². The number of halogens is 2. The molecule has 34 heavy (non-hydrogen) atoms. The number of rotatable bonds is 6. The van der Waals surface area contributed by atoms with Gasteiger partial charge in [0.2, 0.25) is 0 Å². The second-order valence-electron chi connectivity index (χ2n) is 6.88. The summed E-state index contributed by atoms with van der Waals surface area (Å²) < 4.78 is 36.1. The van der Waals surface area contributed by atoms with Crippen LogP contribution in [0.5, 0.6) is 5.75 Å². The Bertz CT molecular complexity index is 1460. The van der Waals surface area contributed by atoms with Crippen LogP contribution in [0.15, 0.2) is 80.2 Å². The Morgan fingerprint density at radius 3 is 2.76 bits per heavy atom. The maximum Gasteiger partial charge on any atom is 0.387 e. The normalized spacial score (nSPS) is 15.0. The minimum absolute atomic E-state index is 0.0307. The lowest BCUT2D eigenvalue weighted by atomic mass is 10.2. The highest BCUT2D eigenvalue weighted by molar-refractivity contribution is 8.13. The number of carbonyl (C=O) groups is 1. The number of fused-ring (bicyclic) bond motifs is 1. The molecule has 0 atom stereocenters. The van der Waals surface area contributed by atoms with Crippen molar-refractivity contribution < 1.29 is 22.7 Å². The van der Waals surface area contributed by atoms with E-state index in [4.69, 9.17) is 4.42 Å². The number of amides is 1. The summed E-state index contributed by atoms with van der Waals surface area (Å²) >= 11 is 2.56. The van der Waals surface area contributed by atoms with Gasteiger partial charge in [0.25, 0.3) is 11.5 Å². The summed E-state index contributed by atoms with van der Waals surface area (Å²) in [5, 5.41) is 2.12. The molecule has 5 rings (SSSR count). The number of alkyl halides is 2. The first-order valence-electron chi connectivity index (χ1n) is 9.80. The number of amidine groups is 1. The number of hydrogen-bond acceptors (Lipinski definition) is 8. The Kier molecular flexibility index (Phi) is 5.99. The van der Waals surface area contributed by atoms with Gasteiger partial charge in [0.15, 0.2) is 10.1 Å². The SMILES string of the molecule is O=C1/C(=C/c2ccco2)N=C(SCc2cc(=O)n3ccsc3n2)N1c1ccc(OC(F)F)cc1. The highest BCUT2D eigenvalue weighted by atomic mass is 32.2. The molecule has 1 aliphatic rings. The Morgan fingerprint density at radius 1 is 1.21 bits per heavy atom. The molecule has 0 aliphatic carbocycles. The van der Waals surface area contributed by atoms with Gasteiger partial charge in [-0.3, -0.25) is 18.9 Å². The maximum absolute atomic E-state index is 13.2. The summed E-state index contributed by atoms with van der Waals surface area (Å²) in [5.41, 5.74) is 0.905. The second-order valence-corrected chi connectivity index (χ2v) is 8.70. The second kappa shape index (κ2) is 9.23. The number of benzene rings is 1. The van der Waals surface area contributed by atoms with Crippen LogP contribution in [-0.4, -0.2) is 27.1 Å². The van der Waals surface area contributed by atoms with Crippen molar-refractivity contribution in [3.05, 3.63) is 87.8 Å². The van der Waals surface area contributed by atoms with Crippen LogP contribution in [-0.2, 0) is 10.5 Å². The molecule has 0 N–H and O–H groups in total. The molecule has 4 heterocycles. The van der Waals surface area contributed by atoms with Crippen molar-refractivity contribution in [3.8, 4) is 5.75 Å². The molecule has 0 unspecified atom stereocenters. The third-order valence-corrected chi connectivity index (χ3v) is 6.41. The van der Waals surface area contributed by atoms with Gasteiger partial charge in [-0.15, -0.1) is 11.3 Å². The fraction of sp³-hybridized carbons (Fsp3) is 0.0909. The Labute approximate surface area is 198 Å². The lowest BCUT2D eigenvalue weighted by molar-refractivity contribution is -0.113. The molecule has 12 heteroatoms. The molecule has 1 aromatic carbocycles. The van der Waals surface area contributed by atoms with E-state index in [1.807, 2.05) is 0 Å². The van der Waals surface area contributed by atoms with Gasteiger partial charge in [-0.25, -0.2) is 9.98 Å². The van der Waals surface area contributed by atoms with Crippen LogP contribution in [0.2, 0.25) is 0 Å². The van der Waals surface area contributed by atoms with Crippen LogP contribution in [0, 0.1) is 0 Å². The van der Waals surface area contributed by atoms with Gasteiger partial charge < -0.3 is 9.15 Å². The Hall–Kier alpha value is -3.77. The van der Waals surface area contributed by atoms with Crippen molar-refractivity contribution in [1.29, 1.82) is 0 Å². The van der Waals surface area contributed by atoms with Crippen molar-refractivity contribution in [2.45, 2.75) is 12.4 Å². The van der Waals surface area contributed by atoms with Gasteiger partial charge in [0.05, 0.1) is 17.6 Å². The number of anilines is 1. The summed E-state index contributed by atoms with van der Waals surface area (Å²) in [6.45, 7) is -2.95. The van der Waals surface area contributed by atoms with E-state index in [2.05, 4.69) is 14.7 Å². The summed E-state index contributed by atoms with van der Waals surface area (Å²) in [6, 6.07) is 10.5. The van der Waals surface area contributed by atoms with E-state index in [9.17, 15) is 18.4 Å². The topological polar surface area (TPSA) is 89.4 Å². The standard InChI is InChI=1S/C22H14F2N4O4S2/c23-20(24)32-15-5-3-14(4-6-15)28-19(30)17(11-16-2-1-8-31-16)26-22(28)34-12-13-10-18(29)27-7-9-33-21(27)25-13/h1-11,20H,12H2/b17-11-. The minimum atomic E-state index is -2.95. The van der Waals surface area contributed by atoms with E-state index in [0.717, 1.165) is 0 Å². The largest absolute Gasteiger partial charge is 0.465 e. The summed E-state index contributed by atoms with van der Waals surface area (Å²) in [4.78, 5) is 36.3. The van der Waals surface area contributed by atoms with Crippen molar-refractivity contribution in [2.24, 2.45) is 4.99 Å². The van der Waals surface area contributed by atoms with Gasteiger partial charge in [0, 0.05) is 29.5 Å². The molecule has 0 fully saturated rings. The number of nitrogens with zero attached hydrogens (tertiary/aromatic N) is 4. The highest BCUT2D eigenvalue weighted by Crippen LogP contribution is 2.32. The van der Waals surface area contributed by atoms with Gasteiger partial charge >= 0.3 is 6.61 Å². The first-order chi connectivity index (χ1) is 16.5. The molecule has 8 nitrogen and oxygen atoms in total. The van der Waals surface area contributed by atoms with Crippen molar-refractivity contribution in [2.75, 3.05) is 4.90 Å². The van der Waals surface area contributed by atoms with E-state index >= 15 is 0 Å². The molecule has 0 bridgehead atoms. The van der Waals surface area contributed by atoms with E-state index in [0.29, 0.717) is 27.3 Å². The molecule has 3 aromatic heterocycles. The molecule has 1 amide bonds. The maximum atomic E-state index is 13.2. The van der Waals surface area contributed by atoms with Crippen LogP contribution in [0.3, 0.4) is 0 Å². The number of thiazole rings is 1. The number of carbonyl (C=O) groups excluding carboxylic acids is 1. The molecule has 4 aromatic rings. The third kappa shape index (κ3) is 4.50. The van der Waals surface area contributed by atoms with Gasteiger partial charge in [0.1, 0.15) is 17.2 Å². The zero-order chi connectivity index (χ0) is 23.7. The fourth-order valence-electron chi connectivity index (χ4n) is 3.21. The average molecular weight is 501 g/mol. The lowest BCUT2D eigenvalue weighted by Crippen LogP contribution is -2.30. The van der Waals surface area contributed by atoms with E-state index < -0.39 is 12.5 Å². The number of aromatic nitrogens is 2. The molecule has 0 saturated heterocycles. The number of aliphatic imine (C=N–C) groups is 1. The lowest BCUT2D eigenvalue weighted by Gasteiger charge is -2.18. The van der Waals surface area contributed by atoms with Crippen LogP contribution < -0.4 is 15.2 Å². The molecule has 172 valence electrons. The average Bonchev–Trinajstić information content (AvgIpc) is 3.55. The van der Waals surface area contributed by atoms with Gasteiger partial charge in [-0.05, 0) is 36.4 Å². The van der Waals surface area contributed by atoms with Crippen molar-refractivity contribution >= 4 is 50.9 Å². The van der Waals surface area contributed by atoms with Gasteiger partial charge in [-0.2, -0.15) is 8.78 Å². The number of hydrogen-bond donors (Lipinski definition) is 0. The zero-order valence-corrected chi connectivity index (χ0v) is 18.8. The third-order valence-electron chi connectivity index (χ3n) is 4.68. The van der Waals surface area contributed by atoms with E-state index in [-0.39, 0.29) is 22.8 Å². The van der Waals surface area contributed by atoms with Crippen molar-refractivity contribution in [3.63, 3.8) is 0 Å². The monoisotopic (exact) mass is 500 g/mol. The van der Waals surface area contributed by atoms with Crippen LogP contribution in [0.25, 0.3) is 11.0 Å². The Morgan fingerprint density at radius 2 is 2.03 bits per heavy atom. The number of ether oxygens (including phenoxy) is 1. The molecular formula is C22H14F2N4O4S2. The molecule has 0 spiro atoms. The Balaban J connectivity index is 1.45. The summed E-state index contributed by atoms with van der Waals surface area (Å²) in [5.74, 6) is 0.296.